The van der Waals surface area contributed by atoms with Gasteiger partial charge in [0, 0.05) is 12.3 Å². The maximum absolute atomic E-state index is 11.5. The number of hydrogen-bond donors (Lipinski definition) is 0. The summed E-state index contributed by atoms with van der Waals surface area (Å²) in [5, 5.41) is 0. The number of hydrogen-bond acceptors (Lipinski definition) is 4. The number of halogens is 1. The van der Waals surface area contributed by atoms with E-state index in [0.717, 1.165) is 4.90 Å². The number of likely N-dealkylation sites (tertiary alicyclic amines) is 1. The van der Waals surface area contributed by atoms with E-state index in [4.69, 9.17) is 4.74 Å². The Kier molecular flexibility index (Phi) is 4.85. The van der Waals surface area contributed by atoms with Gasteiger partial charge in [-0.2, -0.15) is 0 Å². The van der Waals surface area contributed by atoms with Gasteiger partial charge < -0.3 is 4.74 Å². The van der Waals surface area contributed by atoms with E-state index in [1.54, 1.807) is 6.92 Å². The van der Waals surface area contributed by atoms with E-state index in [0.29, 0.717) is 0 Å². The van der Waals surface area contributed by atoms with Gasteiger partial charge in [0.2, 0.25) is 11.8 Å². The Morgan fingerprint density at radius 3 is 2.69 bits per heavy atom. The van der Waals surface area contributed by atoms with Crippen molar-refractivity contribution in [2.45, 2.75) is 24.4 Å². The molecule has 0 aromatic rings. The topological polar surface area (TPSA) is 63.7 Å². The molecular formula is C10H14INO4. The summed E-state index contributed by atoms with van der Waals surface area (Å²) in [5.41, 5.74) is 0. The molecule has 2 unspecified atom stereocenters. The van der Waals surface area contributed by atoms with Crippen LogP contribution in [0.2, 0.25) is 0 Å². The lowest BCUT2D eigenvalue weighted by Crippen LogP contribution is -2.36. The minimum absolute atomic E-state index is 0.0600. The Bertz CT molecular complexity index is 316. The average molecular weight is 339 g/mol. The lowest BCUT2D eigenvalue weighted by atomic mass is 10.1. The first kappa shape index (κ1) is 13.6. The highest BCUT2D eigenvalue weighted by molar-refractivity contribution is 14.1. The highest BCUT2D eigenvalue weighted by Gasteiger charge is 2.36. The average Bonchev–Trinajstić information content (AvgIpc) is 2.42. The summed E-state index contributed by atoms with van der Waals surface area (Å²) in [7, 11) is 0. The molecule has 90 valence electrons. The summed E-state index contributed by atoms with van der Waals surface area (Å²) < 4.78 is 5.03. The third-order valence-electron chi connectivity index (χ3n) is 2.28. The fourth-order valence-corrected chi connectivity index (χ4v) is 1.62. The van der Waals surface area contributed by atoms with Crippen molar-refractivity contribution in [1.82, 2.24) is 4.90 Å². The van der Waals surface area contributed by atoms with Crippen LogP contribution >= 0.6 is 22.6 Å². The van der Waals surface area contributed by atoms with Gasteiger partial charge in [0.05, 0.1) is 6.54 Å². The van der Waals surface area contributed by atoms with Crippen LogP contribution in [0, 0.1) is 5.92 Å². The minimum atomic E-state index is -0.301. The number of ether oxygens (including phenoxy) is 1. The van der Waals surface area contributed by atoms with Crippen molar-refractivity contribution in [3.8, 4) is 0 Å². The largest absolute Gasteiger partial charge is 0.360 e. The van der Waals surface area contributed by atoms with Crippen LogP contribution in [-0.4, -0.2) is 39.8 Å². The van der Waals surface area contributed by atoms with Gasteiger partial charge in [-0.25, -0.2) is 0 Å². The number of carbonyl (C=O) groups is 3. The third kappa shape index (κ3) is 3.51. The van der Waals surface area contributed by atoms with Gasteiger partial charge in [0.1, 0.15) is 10.7 Å². The van der Waals surface area contributed by atoms with Crippen LogP contribution in [0.5, 0.6) is 0 Å². The van der Waals surface area contributed by atoms with Crippen LogP contribution in [0.1, 0.15) is 20.3 Å². The van der Waals surface area contributed by atoms with Crippen molar-refractivity contribution < 1.29 is 19.1 Å². The summed E-state index contributed by atoms with van der Waals surface area (Å²) >= 11 is 2.03. The molecule has 1 heterocycles. The van der Waals surface area contributed by atoms with E-state index < -0.39 is 0 Å². The molecule has 5 nitrogen and oxygen atoms in total. The van der Waals surface area contributed by atoms with Crippen LogP contribution < -0.4 is 0 Å². The van der Waals surface area contributed by atoms with Crippen molar-refractivity contribution in [2.24, 2.45) is 5.92 Å². The molecule has 0 aromatic heterocycles. The van der Waals surface area contributed by atoms with Crippen molar-refractivity contribution in [2.75, 3.05) is 13.2 Å². The molecular weight excluding hydrogens is 325 g/mol. The standard InChI is InChI=1S/C10H14INO4/c1-6-3-9(14)12(10(6)15)4-8(13)5-16-7(2)11/h6-7H,3-5H2,1-2H3. The predicted molar refractivity (Wildman–Crippen MR) is 64.9 cm³/mol. The van der Waals surface area contributed by atoms with Crippen LogP contribution in [0.25, 0.3) is 0 Å². The van der Waals surface area contributed by atoms with Gasteiger partial charge in [-0.3, -0.25) is 19.3 Å². The molecule has 1 aliphatic rings. The molecule has 0 aromatic carbocycles. The summed E-state index contributed by atoms with van der Waals surface area (Å²) in [4.78, 5) is 35.3. The van der Waals surface area contributed by atoms with Gasteiger partial charge >= 0.3 is 0 Å². The number of imide groups is 1. The fraction of sp³-hybridized carbons (Fsp3) is 0.700. The Hall–Kier alpha value is -0.500. The number of Topliss-reactive ketones (excluding diaryl/α,β-unsaturated/α-hetero) is 1. The molecule has 2 amide bonds. The first-order chi connectivity index (χ1) is 7.41. The first-order valence-corrected chi connectivity index (χ1v) is 6.28. The zero-order valence-electron chi connectivity index (χ0n) is 9.23. The van der Waals surface area contributed by atoms with Gasteiger partial charge in [-0.1, -0.05) is 29.5 Å². The number of nitrogens with zero attached hydrogens (tertiary/aromatic N) is 1. The van der Waals surface area contributed by atoms with Gasteiger partial charge in [-0.05, 0) is 6.92 Å². The maximum atomic E-state index is 11.5. The first-order valence-electron chi connectivity index (χ1n) is 5.03. The number of ketones is 1. The normalized spacial score (nSPS) is 22.7. The lowest BCUT2D eigenvalue weighted by Gasteiger charge is -2.13. The number of rotatable bonds is 5. The number of carbonyl (C=O) groups excluding carboxylic acids is 3. The number of amides is 2. The van der Waals surface area contributed by atoms with E-state index in [-0.39, 0.29) is 47.2 Å². The maximum Gasteiger partial charge on any atom is 0.232 e. The highest BCUT2D eigenvalue weighted by atomic mass is 127. The Morgan fingerprint density at radius 1 is 1.62 bits per heavy atom. The molecule has 0 spiro atoms. The van der Waals surface area contributed by atoms with Crippen LogP contribution in [0.15, 0.2) is 0 Å². The summed E-state index contributed by atoms with van der Waals surface area (Å²) in [5.74, 6) is -1.08. The van der Waals surface area contributed by atoms with Crippen LogP contribution in [-0.2, 0) is 19.1 Å². The molecule has 0 radical (unpaired) electrons. The van der Waals surface area contributed by atoms with E-state index in [1.165, 1.54) is 0 Å². The smallest absolute Gasteiger partial charge is 0.232 e. The second-order valence-electron chi connectivity index (χ2n) is 3.82. The Morgan fingerprint density at radius 2 is 2.25 bits per heavy atom. The molecule has 1 fully saturated rings. The quantitative estimate of drug-likeness (QED) is 0.421. The summed E-state index contributed by atoms with van der Waals surface area (Å²) in [6.45, 7) is 3.27. The SMILES string of the molecule is CC(I)OCC(=O)CN1C(=O)CC(C)C1=O. The predicted octanol–water partition coefficient (Wildman–Crippen LogP) is 0.748. The molecule has 1 aliphatic heterocycles. The highest BCUT2D eigenvalue weighted by Crippen LogP contribution is 2.18. The molecule has 6 heteroatoms. The second kappa shape index (κ2) is 5.72. The monoisotopic (exact) mass is 339 g/mol. The van der Waals surface area contributed by atoms with Crippen molar-refractivity contribution in [1.29, 1.82) is 0 Å². The summed E-state index contributed by atoms with van der Waals surface area (Å²) in [6.07, 6.45) is 0.204. The Balaban J connectivity index is 2.45. The second-order valence-corrected chi connectivity index (χ2v) is 5.57. The van der Waals surface area contributed by atoms with E-state index >= 15 is 0 Å². The van der Waals surface area contributed by atoms with Crippen LogP contribution in [0.3, 0.4) is 0 Å². The lowest BCUT2D eigenvalue weighted by molar-refractivity contribution is -0.143. The van der Waals surface area contributed by atoms with Crippen molar-refractivity contribution in [3.05, 3.63) is 0 Å². The van der Waals surface area contributed by atoms with E-state index in [9.17, 15) is 14.4 Å². The molecule has 0 N–H and O–H groups in total. The van der Waals surface area contributed by atoms with E-state index in [2.05, 4.69) is 0 Å². The Labute approximate surface area is 108 Å². The molecule has 0 bridgehead atoms. The summed E-state index contributed by atoms with van der Waals surface area (Å²) in [6, 6.07) is 0. The van der Waals surface area contributed by atoms with Gasteiger partial charge in [0.15, 0.2) is 5.78 Å². The minimum Gasteiger partial charge on any atom is -0.360 e. The van der Waals surface area contributed by atoms with Crippen LogP contribution in [0.4, 0.5) is 0 Å². The number of alkyl halides is 1. The van der Waals surface area contributed by atoms with E-state index in [1.807, 2.05) is 29.5 Å². The fourth-order valence-electron chi connectivity index (χ4n) is 1.44. The third-order valence-corrected chi connectivity index (χ3v) is 2.64. The van der Waals surface area contributed by atoms with Gasteiger partial charge in [-0.15, -0.1) is 0 Å². The van der Waals surface area contributed by atoms with Gasteiger partial charge in [0.25, 0.3) is 0 Å². The molecule has 0 saturated carbocycles. The molecule has 0 aliphatic carbocycles. The van der Waals surface area contributed by atoms with Crippen molar-refractivity contribution in [3.63, 3.8) is 0 Å². The zero-order chi connectivity index (χ0) is 12.3. The zero-order valence-corrected chi connectivity index (χ0v) is 11.4. The molecule has 1 saturated heterocycles. The van der Waals surface area contributed by atoms with Crippen molar-refractivity contribution >= 4 is 40.2 Å². The molecule has 1 rings (SSSR count). The molecule has 2 atom stereocenters. The molecule has 16 heavy (non-hydrogen) atoms.